The SMILES string of the molecule is NC(=O)[C@H]1CCCN([C@@H](C(=O)Nc2ccc(F)cc2)c2ccccc2)C1. The Bertz CT molecular complexity index is 764. The number of carbonyl (C=O) groups is 2. The van der Waals surface area contributed by atoms with Crippen molar-refractivity contribution in [2.24, 2.45) is 11.7 Å². The van der Waals surface area contributed by atoms with Crippen LogP contribution in [-0.4, -0.2) is 29.8 Å². The number of hydrogen-bond donors (Lipinski definition) is 2. The van der Waals surface area contributed by atoms with Crippen LogP contribution in [0.1, 0.15) is 24.4 Å². The maximum absolute atomic E-state index is 13.1. The van der Waals surface area contributed by atoms with Gasteiger partial charge in [0.1, 0.15) is 11.9 Å². The summed E-state index contributed by atoms with van der Waals surface area (Å²) < 4.78 is 13.1. The van der Waals surface area contributed by atoms with E-state index in [4.69, 9.17) is 5.73 Å². The first-order valence-corrected chi connectivity index (χ1v) is 8.69. The summed E-state index contributed by atoms with van der Waals surface area (Å²) in [6.45, 7) is 1.16. The summed E-state index contributed by atoms with van der Waals surface area (Å²) in [7, 11) is 0. The first kappa shape index (κ1) is 18.1. The number of nitrogens with one attached hydrogen (secondary N) is 1. The second-order valence-corrected chi connectivity index (χ2v) is 6.55. The van der Waals surface area contributed by atoms with Crippen molar-refractivity contribution in [2.45, 2.75) is 18.9 Å². The van der Waals surface area contributed by atoms with Gasteiger partial charge in [0.15, 0.2) is 0 Å². The number of nitrogens with zero attached hydrogens (tertiary/aromatic N) is 1. The van der Waals surface area contributed by atoms with Crippen molar-refractivity contribution >= 4 is 17.5 Å². The number of rotatable bonds is 5. The molecule has 2 atom stereocenters. The molecule has 6 heteroatoms. The van der Waals surface area contributed by atoms with Crippen LogP contribution in [0.4, 0.5) is 10.1 Å². The second-order valence-electron chi connectivity index (χ2n) is 6.55. The van der Waals surface area contributed by atoms with Crippen molar-refractivity contribution in [3.8, 4) is 0 Å². The number of primary amides is 1. The van der Waals surface area contributed by atoms with Gasteiger partial charge in [0.25, 0.3) is 0 Å². The number of piperidine rings is 1. The molecule has 0 saturated carbocycles. The maximum atomic E-state index is 13.1. The summed E-state index contributed by atoms with van der Waals surface area (Å²) in [4.78, 5) is 26.6. The lowest BCUT2D eigenvalue weighted by Crippen LogP contribution is -2.46. The van der Waals surface area contributed by atoms with E-state index in [1.807, 2.05) is 35.2 Å². The van der Waals surface area contributed by atoms with Gasteiger partial charge in [-0.1, -0.05) is 30.3 Å². The molecule has 3 N–H and O–H groups in total. The van der Waals surface area contributed by atoms with Crippen LogP contribution in [0.3, 0.4) is 0 Å². The number of anilines is 1. The molecule has 1 heterocycles. The maximum Gasteiger partial charge on any atom is 0.246 e. The van der Waals surface area contributed by atoms with Crippen LogP contribution < -0.4 is 11.1 Å². The summed E-state index contributed by atoms with van der Waals surface area (Å²) in [6, 6.07) is 14.5. The summed E-state index contributed by atoms with van der Waals surface area (Å²) >= 11 is 0. The van der Waals surface area contributed by atoms with E-state index in [1.165, 1.54) is 24.3 Å². The predicted octanol–water partition coefficient (Wildman–Crippen LogP) is 2.70. The monoisotopic (exact) mass is 355 g/mol. The lowest BCUT2D eigenvalue weighted by atomic mass is 9.94. The summed E-state index contributed by atoms with van der Waals surface area (Å²) in [5.41, 5.74) is 6.85. The first-order chi connectivity index (χ1) is 12.5. The molecule has 1 aliphatic rings. The molecule has 5 nitrogen and oxygen atoms in total. The average molecular weight is 355 g/mol. The minimum absolute atomic E-state index is 0.215. The summed E-state index contributed by atoms with van der Waals surface area (Å²) in [5.74, 6) is -1.16. The number of halogens is 1. The van der Waals surface area contributed by atoms with Gasteiger partial charge in [-0.2, -0.15) is 0 Å². The highest BCUT2D eigenvalue weighted by atomic mass is 19.1. The molecule has 1 saturated heterocycles. The molecule has 0 spiro atoms. The van der Waals surface area contributed by atoms with Gasteiger partial charge in [-0.15, -0.1) is 0 Å². The van der Waals surface area contributed by atoms with Crippen molar-refractivity contribution in [3.63, 3.8) is 0 Å². The van der Waals surface area contributed by atoms with E-state index in [1.54, 1.807) is 0 Å². The molecule has 3 rings (SSSR count). The second kappa shape index (κ2) is 8.10. The lowest BCUT2D eigenvalue weighted by molar-refractivity contribution is -0.127. The van der Waals surface area contributed by atoms with Crippen LogP contribution in [0, 0.1) is 11.7 Å². The number of amides is 2. The quantitative estimate of drug-likeness (QED) is 0.866. The molecule has 0 unspecified atom stereocenters. The van der Waals surface area contributed by atoms with Crippen LogP contribution in [0.5, 0.6) is 0 Å². The molecule has 2 amide bonds. The Morgan fingerprint density at radius 2 is 1.81 bits per heavy atom. The third-order valence-corrected chi connectivity index (χ3v) is 4.70. The van der Waals surface area contributed by atoms with Gasteiger partial charge < -0.3 is 11.1 Å². The van der Waals surface area contributed by atoms with E-state index in [0.717, 1.165) is 18.4 Å². The molecule has 0 aromatic heterocycles. The van der Waals surface area contributed by atoms with E-state index >= 15 is 0 Å². The van der Waals surface area contributed by atoms with Gasteiger partial charge >= 0.3 is 0 Å². The molecule has 136 valence electrons. The summed E-state index contributed by atoms with van der Waals surface area (Å²) in [5, 5.41) is 2.85. The largest absolute Gasteiger partial charge is 0.369 e. The first-order valence-electron chi connectivity index (χ1n) is 8.69. The Morgan fingerprint density at radius 3 is 2.46 bits per heavy atom. The minimum Gasteiger partial charge on any atom is -0.369 e. The number of hydrogen-bond acceptors (Lipinski definition) is 3. The fourth-order valence-electron chi connectivity index (χ4n) is 3.38. The third-order valence-electron chi connectivity index (χ3n) is 4.70. The van der Waals surface area contributed by atoms with Crippen molar-refractivity contribution in [1.82, 2.24) is 4.90 Å². The number of likely N-dealkylation sites (tertiary alicyclic amines) is 1. The van der Waals surface area contributed by atoms with Crippen LogP contribution in [-0.2, 0) is 9.59 Å². The highest BCUT2D eigenvalue weighted by molar-refractivity contribution is 5.95. The Balaban J connectivity index is 1.84. The molecule has 2 aromatic carbocycles. The van der Waals surface area contributed by atoms with Crippen LogP contribution in [0.25, 0.3) is 0 Å². The molecular weight excluding hydrogens is 333 g/mol. The average Bonchev–Trinajstić information content (AvgIpc) is 2.65. The fraction of sp³-hybridized carbons (Fsp3) is 0.300. The smallest absolute Gasteiger partial charge is 0.246 e. The molecule has 0 radical (unpaired) electrons. The van der Waals surface area contributed by atoms with E-state index in [9.17, 15) is 14.0 Å². The predicted molar refractivity (Wildman–Crippen MR) is 97.7 cm³/mol. The van der Waals surface area contributed by atoms with Gasteiger partial charge in [0.2, 0.25) is 11.8 Å². The zero-order valence-corrected chi connectivity index (χ0v) is 14.4. The Kier molecular flexibility index (Phi) is 5.63. The van der Waals surface area contributed by atoms with Gasteiger partial charge in [-0.25, -0.2) is 4.39 Å². The van der Waals surface area contributed by atoms with Gasteiger partial charge in [-0.3, -0.25) is 14.5 Å². The number of benzene rings is 2. The topological polar surface area (TPSA) is 75.4 Å². The van der Waals surface area contributed by atoms with E-state index in [0.29, 0.717) is 18.8 Å². The zero-order valence-electron chi connectivity index (χ0n) is 14.4. The normalized spacial score (nSPS) is 18.9. The van der Waals surface area contributed by atoms with Gasteiger partial charge in [0.05, 0.1) is 5.92 Å². The van der Waals surface area contributed by atoms with E-state index in [-0.39, 0.29) is 23.5 Å². The summed E-state index contributed by atoms with van der Waals surface area (Å²) in [6.07, 6.45) is 1.55. The Labute approximate surface area is 152 Å². The van der Waals surface area contributed by atoms with Crippen molar-refractivity contribution < 1.29 is 14.0 Å². The minimum atomic E-state index is -0.539. The standard InChI is InChI=1S/C20H22FN3O2/c21-16-8-10-17(11-9-16)23-20(26)18(14-5-2-1-3-6-14)24-12-4-7-15(13-24)19(22)25/h1-3,5-6,8-11,15,18H,4,7,12-13H2,(H2,22,25)(H,23,26)/t15-,18+/m0/s1. The molecule has 1 fully saturated rings. The Hall–Kier alpha value is -2.73. The molecule has 0 bridgehead atoms. The van der Waals surface area contributed by atoms with Gasteiger partial charge in [-0.05, 0) is 49.2 Å². The zero-order chi connectivity index (χ0) is 18.5. The highest BCUT2D eigenvalue weighted by Gasteiger charge is 2.33. The van der Waals surface area contributed by atoms with Crippen molar-refractivity contribution in [3.05, 3.63) is 66.0 Å². The molecule has 26 heavy (non-hydrogen) atoms. The van der Waals surface area contributed by atoms with Crippen molar-refractivity contribution in [1.29, 1.82) is 0 Å². The molecule has 2 aromatic rings. The van der Waals surface area contributed by atoms with E-state index in [2.05, 4.69) is 5.32 Å². The third kappa shape index (κ3) is 4.26. The molecular formula is C20H22FN3O2. The Morgan fingerprint density at radius 1 is 1.12 bits per heavy atom. The van der Waals surface area contributed by atoms with Gasteiger partial charge in [0, 0.05) is 12.2 Å². The van der Waals surface area contributed by atoms with Crippen LogP contribution >= 0.6 is 0 Å². The lowest BCUT2D eigenvalue weighted by Gasteiger charge is -2.36. The fourth-order valence-corrected chi connectivity index (χ4v) is 3.38. The number of nitrogens with two attached hydrogens (primary N) is 1. The van der Waals surface area contributed by atoms with Crippen LogP contribution in [0.2, 0.25) is 0 Å². The highest BCUT2D eigenvalue weighted by Crippen LogP contribution is 2.28. The molecule has 1 aliphatic heterocycles. The van der Waals surface area contributed by atoms with Crippen LogP contribution in [0.15, 0.2) is 54.6 Å². The number of carbonyl (C=O) groups excluding carboxylic acids is 2. The van der Waals surface area contributed by atoms with Crippen molar-refractivity contribution in [2.75, 3.05) is 18.4 Å². The van der Waals surface area contributed by atoms with E-state index < -0.39 is 6.04 Å². The molecule has 0 aliphatic carbocycles.